The molecule has 0 radical (unpaired) electrons. The number of fused-ring (bicyclic) bond motifs is 1. The van der Waals surface area contributed by atoms with Crippen LogP contribution in [0.4, 0.5) is 0 Å². The zero-order valence-corrected chi connectivity index (χ0v) is 18.6. The standard InChI is InChI=1S/C23H24BrN3O3/c1-3-30-18-11-7-16(8-12-18)22-19-20(15-5-9-17(24)10-6-15)25-26-21(19)23(28)27(22)13-4-14-29-2/h5-12,22H,3-4,13-14H2,1-2H3,(H,25,26). The smallest absolute Gasteiger partial charge is 0.273 e. The van der Waals surface area contributed by atoms with E-state index in [0.717, 1.165) is 39.0 Å². The minimum atomic E-state index is -0.211. The zero-order chi connectivity index (χ0) is 21.1. The van der Waals surface area contributed by atoms with Gasteiger partial charge in [0, 0.05) is 35.9 Å². The van der Waals surface area contributed by atoms with E-state index in [-0.39, 0.29) is 11.9 Å². The molecule has 30 heavy (non-hydrogen) atoms. The molecule has 0 saturated heterocycles. The van der Waals surface area contributed by atoms with Gasteiger partial charge >= 0.3 is 0 Å². The number of halogens is 1. The third-order valence-electron chi connectivity index (χ3n) is 5.24. The van der Waals surface area contributed by atoms with Crippen LogP contribution >= 0.6 is 15.9 Å². The van der Waals surface area contributed by atoms with Gasteiger partial charge in [0.05, 0.1) is 18.3 Å². The van der Waals surface area contributed by atoms with Crippen LogP contribution in [0.1, 0.15) is 41.0 Å². The van der Waals surface area contributed by atoms with Gasteiger partial charge in [-0.15, -0.1) is 0 Å². The number of ether oxygens (including phenoxy) is 2. The molecule has 156 valence electrons. The number of hydrogen-bond donors (Lipinski definition) is 1. The van der Waals surface area contributed by atoms with E-state index >= 15 is 0 Å². The summed E-state index contributed by atoms with van der Waals surface area (Å²) in [6, 6.07) is 15.7. The number of nitrogens with one attached hydrogen (secondary N) is 1. The Kier molecular flexibility index (Phi) is 6.20. The summed E-state index contributed by atoms with van der Waals surface area (Å²) in [5, 5.41) is 7.50. The van der Waals surface area contributed by atoms with Crippen molar-refractivity contribution in [3.63, 3.8) is 0 Å². The van der Waals surface area contributed by atoms with Crippen LogP contribution in [-0.2, 0) is 4.74 Å². The number of H-pyrrole nitrogens is 1. The molecule has 0 bridgehead atoms. The summed E-state index contributed by atoms with van der Waals surface area (Å²) in [4.78, 5) is 15.1. The number of aromatic amines is 1. The Morgan fingerprint density at radius 3 is 2.53 bits per heavy atom. The SMILES string of the molecule is CCOc1ccc(C2c3c(-c4ccc(Br)cc4)n[nH]c3C(=O)N2CCCOC)cc1. The van der Waals surface area contributed by atoms with Crippen molar-refractivity contribution in [3.8, 4) is 17.0 Å². The third-order valence-corrected chi connectivity index (χ3v) is 5.76. The highest BCUT2D eigenvalue weighted by Crippen LogP contribution is 2.43. The van der Waals surface area contributed by atoms with Crippen molar-refractivity contribution in [2.75, 3.05) is 26.9 Å². The van der Waals surface area contributed by atoms with Gasteiger partial charge < -0.3 is 14.4 Å². The van der Waals surface area contributed by atoms with E-state index in [2.05, 4.69) is 26.1 Å². The van der Waals surface area contributed by atoms with Crippen LogP contribution in [0, 0.1) is 0 Å². The number of carbonyl (C=O) groups is 1. The molecule has 1 aliphatic rings. The Morgan fingerprint density at radius 2 is 1.87 bits per heavy atom. The summed E-state index contributed by atoms with van der Waals surface area (Å²) in [6.07, 6.45) is 0.765. The second-order valence-corrected chi connectivity index (χ2v) is 8.03. The molecule has 1 N–H and O–H groups in total. The van der Waals surface area contributed by atoms with Crippen LogP contribution in [-0.4, -0.2) is 47.9 Å². The van der Waals surface area contributed by atoms with Gasteiger partial charge in [-0.05, 0) is 43.2 Å². The van der Waals surface area contributed by atoms with Gasteiger partial charge in [-0.25, -0.2) is 0 Å². The van der Waals surface area contributed by atoms with Crippen molar-refractivity contribution in [2.24, 2.45) is 0 Å². The van der Waals surface area contributed by atoms with E-state index in [1.807, 2.05) is 60.4 Å². The maximum atomic E-state index is 13.2. The first-order valence-corrected chi connectivity index (χ1v) is 10.8. The fourth-order valence-electron chi connectivity index (χ4n) is 3.89. The van der Waals surface area contributed by atoms with Crippen molar-refractivity contribution in [1.29, 1.82) is 0 Å². The first-order chi connectivity index (χ1) is 14.6. The fourth-order valence-corrected chi connectivity index (χ4v) is 4.16. The molecule has 4 rings (SSSR count). The van der Waals surface area contributed by atoms with Gasteiger partial charge in [-0.3, -0.25) is 9.89 Å². The molecule has 1 aliphatic heterocycles. The zero-order valence-electron chi connectivity index (χ0n) is 17.0. The van der Waals surface area contributed by atoms with E-state index in [0.29, 0.717) is 25.5 Å². The highest BCUT2D eigenvalue weighted by atomic mass is 79.9. The average Bonchev–Trinajstić information content (AvgIpc) is 3.29. The Hall–Kier alpha value is -2.64. The predicted molar refractivity (Wildman–Crippen MR) is 119 cm³/mol. The molecule has 2 aromatic carbocycles. The van der Waals surface area contributed by atoms with Crippen LogP contribution in [0.25, 0.3) is 11.3 Å². The van der Waals surface area contributed by atoms with E-state index in [9.17, 15) is 4.79 Å². The topological polar surface area (TPSA) is 67.5 Å². The molecule has 2 heterocycles. The number of nitrogens with zero attached hydrogens (tertiary/aromatic N) is 2. The van der Waals surface area contributed by atoms with Crippen LogP contribution < -0.4 is 4.74 Å². The van der Waals surface area contributed by atoms with Crippen molar-refractivity contribution in [3.05, 3.63) is 69.8 Å². The Morgan fingerprint density at radius 1 is 1.13 bits per heavy atom. The molecule has 6 nitrogen and oxygen atoms in total. The van der Waals surface area contributed by atoms with Crippen LogP contribution in [0.5, 0.6) is 5.75 Å². The fraction of sp³-hybridized carbons (Fsp3) is 0.304. The molecule has 7 heteroatoms. The van der Waals surface area contributed by atoms with Gasteiger partial charge in [0.25, 0.3) is 5.91 Å². The lowest BCUT2D eigenvalue weighted by Crippen LogP contribution is -2.31. The average molecular weight is 470 g/mol. The van der Waals surface area contributed by atoms with Crippen molar-refractivity contribution in [2.45, 2.75) is 19.4 Å². The summed E-state index contributed by atoms with van der Waals surface area (Å²) in [5.41, 5.74) is 4.29. The monoisotopic (exact) mass is 469 g/mol. The first-order valence-electron chi connectivity index (χ1n) is 10.0. The molecule has 3 aromatic rings. The van der Waals surface area contributed by atoms with E-state index in [1.54, 1.807) is 7.11 Å². The minimum Gasteiger partial charge on any atom is -0.494 e. The van der Waals surface area contributed by atoms with Gasteiger partial charge in [0.15, 0.2) is 0 Å². The molecule has 1 amide bonds. The number of carbonyl (C=O) groups excluding carboxylic acids is 1. The van der Waals surface area contributed by atoms with Gasteiger partial charge in [0.1, 0.15) is 11.4 Å². The number of amides is 1. The summed E-state index contributed by atoms with van der Waals surface area (Å²) in [5.74, 6) is 0.785. The summed E-state index contributed by atoms with van der Waals surface area (Å²) >= 11 is 3.48. The number of rotatable bonds is 8. The van der Waals surface area contributed by atoms with Crippen LogP contribution in [0.2, 0.25) is 0 Å². The third kappa shape index (κ3) is 3.87. The summed E-state index contributed by atoms with van der Waals surface area (Å²) in [6.45, 7) is 3.78. The molecule has 0 fully saturated rings. The molecule has 0 spiro atoms. The maximum Gasteiger partial charge on any atom is 0.273 e. The molecular formula is C23H24BrN3O3. The van der Waals surface area contributed by atoms with Gasteiger partial charge in [0.2, 0.25) is 0 Å². The predicted octanol–water partition coefficient (Wildman–Crippen LogP) is 4.82. The van der Waals surface area contributed by atoms with Gasteiger partial charge in [-0.1, -0.05) is 40.2 Å². The van der Waals surface area contributed by atoms with Crippen molar-refractivity contribution < 1.29 is 14.3 Å². The normalized spacial score (nSPS) is 15.5. The van der Waals surface area contributed by atoms with E-state index in [1.165, 1.54) is 0 Å². The minimum absolute atomic E-state index is 0.0316. The number of hydrogen-bond acceptors (Lipinski definition) is 4. The number of aromatic nitrogens is 2. The number of methoxy groups -OCH3 is 1. The maximum absolute atomic E-state index is 13.2. The van der Waals surface area contributed by atoms with E-state index in [4.69, 9.17) is 9.47 Å². The van der Waals surface area contributed by atoms with Gasteiger partial charge in [-0.2, -0.15) is 5.10 Å². The quantitative estimate of drug-likeness (QED) is 0.480. The Labute approximate surface area is 184 Å². The molecule has 1 unspecified atom stereocenters. The van der Waals surface area contributed by atoms with Crippen LogP contribution in [0.15, 0.2) is 53.0 Å². The molecular weight excluding hydrogens is 446 g/mol. The lowest BCUT2D eigenvalue weighted by Gasteiger charge is -2.26. The largest absolute Gasteiger partial charge is 0.494 e. The first kappa shape index (κ1) is 20.6. The second-order valence-electron chi connectivity index (χ2n) is 7.12. The molecule has 0 aliphatic carbocycles. The van der Waals surface area contributed by atoms with Crippen molar-refractivity contribution >= 4 is 21.8 Å². The lowest BCUT2D eigenvalue weighted by molar-refractivity contribution is 0.0723. The molecule has 0 saturated carbocycles. The lowest BCUT2D eigenvalue weighted by atomic mass is 9.96. The Balaban J connectivity index is 1.77. The molecule has 1 atom stereocenters. The van der Waals surface area contributed by atoms with Crippen molar-refractivity contribution in [1.82, 2.24) is 15.1 Å². The Bertz CT molecular complexity index is 1020. The number of benzene rings is 2. The highest BCUT2D eigenvalue weighted by Gasteiger charge is 2.41. The van der Waals surface area contributed by atoms with E-state index < -0.39 is 0 Å². The van der Waals surface area contributed by atoms with Crippen LogP contribution in [0.3, 0.4) is 0 Å². The molecule has 1 aromatic heterocycles. The second kappa shape index (κ2) is 9.02. The highest BCUT2D eigenvalue weighted by molar-refractivity contribution is 9.10. The summed E-state index contributed by atoms with van der Waals surface area (Å²) in [7, 11) is 1.67. The summed E-state index contributed by atoms with van der Waals surface area (Å²) < 4.78 is 11.8.